The maximum absolute atomic E-state index is 8.80. The van der Waals surface area contributed by atoms with Crippen LogP contribution < -0.4 is 4.90 Å². The van der Waals surface area contributed by atoms with Gasteiger partial charge in [0.05, 0.1) is 18.7 Å². The quantitative estimate of drug-likeness (QED) is 0.847. The highest BCUT2D eigenvalue weighted by molar-refractivity contribution is 7.09. The first-order chi connectivity index (χ1) is 9.76. The number of thiazole rings is 1. The summed E-state index contributed by atoms with van der Waals surface area (Å²) < 4.78 is 5.80. The minimum absolute atomic E-state index is 0.0000988. The van der Waals surface area contributed by atoms with Gasteiger partial charge >= 0.3 is 0 Å². The fraction of sp³-hybridized carbons (Fsp3) is 0.357. The van der Waals surface area contributed by atoms with Crippen molar-refractivity contribution in [3.63, 3.8) is 0 Å². The maximum Gasteiger partial charge on any atom is 0.128 e. The van der Waals surface area contributed by atoms with Crippen LogP contribution in [0, 0.1) is 18.3 Å². The van der Waals surface area contributed by atoms with Crippen LogP contribution >= 0.6 is 11.3 Å². The van der Waals surface area contributed by atoms with E-state index in [0.717, 1.165) is 29.6 Å². The van der Waals surface area contributed by atoms with Gasteiger partial charge < -0.3 is 9.64 Å². The van der Waals surface area contributed by atoms with Crippen LogP contribution in [0.3, 0.4) is 0 Å². The minimum Gasteiger partial charge on any atom is -0.367 e. The number of anilines is 1. The molecule has 0 aromatic carbocycles. The molecule has 2 aromatic heterocycles. The van der Waals surface area contributed by atoms with Gasteiger partial charge in [-0.3, -0.25) is 0 Å². The first kappa shape index (κ1) is 13.0. The topological polar surface area (TPSA) is 62.0 Å². The highest BCUT2D eigenvalue weighted by atomic mass is 32.1. The third kappa shape index (κ3) is 2.64. The van der Waals surface area contributed by atoms with Crippen LogP contribution in [0.4, 0.5) is 5.82 Å². The number of ether oxygens (including phenoxy) is 1. The first-order valence-corrected chi connectivity index (χ1v) is 7.29. The highest BCUT2D eigenvalue weighted by Crippen LogP contribution is 2.27. The smallest absolute Gasteiger partial charge is 0.128 e. The minimum atomic E-state index is -0.0000988. The second kappa shape index (κ2) is 5.57. The molecule has 0 amide bonds. The fourth-order valence-electron chi connectivity index (χ4n) is 2.17. The number of nitrogens with zero attached hydrogens (tertiary/aromatic N) is 4. The largest absolute Gasteiger partial charge is 0.367 e. The zero-order valence-electron chi connectivity index (χ0n) is 11.1. The van der Waals surface area contributed by atoms with Crippen LogP contribution in [-0.4, -0.2) is 29.7 Å². The molecule has 20 heavy (non-hydrogen) atoms. The van der Waals surface area contributed by atoms with E-state index in [2.05, 4.69) is 20.9 Å². The van der Waals surface area contributed by atoms with Crippen molar-refractivity contribution >= 4 is 17.2 Å². The van der Waals surface area contributed by atoms with E-state index in [1.54, 1.807) is 23.6 Å². The van der Waals surface area contributed by atoms with Gasteiger partial charge in [-0.05, 0) is 19.1 Å². The van der Waals surface area contributed by atoms with Gasteiger partial charge in [0, 0.05) is 23.8 Å². The Labute approximate surface area is 121 Å². The Morgan fingerprint density at radius 3 is 3.05 bits per heavy atom. The lowest BCUT2D eigenvalue weighted by molar-refractivity contribution is 0.0393. The number of aromatic nitrogens is 2. The predicted molar refractivity (Wildman–Crippen MR) is 76.7 cm³/mol. The molecule has 0 radical (unpaired) electrons. The summed E-state index contributed by atoms with van der Waals surface area (Å²) in [7, 11) is 0. The standard InChI is InChI=1S/C14H14N4OS/c1-10-9-20-14(17-10)12-8-18(4-5-19-12)13-3-2-11(6-15)7-16-13/h2-3,7,9,12H,4-5,8H2,1H3. The molecule has 1 fully saturated rings. The van der Waals surface area contributed by atoms with Crippen molar-refractivity contribution < 1.29 is 4.74 Å². The molecule has 6 heteroatoms. The summed E-state index contributed by atoms with van der Waals surface area (Å²) in [6.07, 6.45) is 1.60. The fourth-order valence-corrected chi connectivity index (χ4v) is 3.00. The van der Waals surface area contributed by atoms with Crippen LogP contribution in [-0.2, 0) is 4.74 Å². The van der Waals surface area contributed by atoms with Gasteiger partial charge in [0.2, 0.25) is 0 Å². The van der Waals surface area contributed by atoms with Crippen molar-refractivity contribution in [1.29, 1.82) is 5.26 Å². The van der Waals surface area contributed by atoms with E-state index in [4.69, 9.17) is 10.00 Å². The molecule has 1 aliphatic heterocycles. The average Bonchev–Trinajstić information content (AvgIpc) is 2.94. The van der Waals surface area contributed by atoms with Crippen molar-refractivity contribution in [3.05, 3.63) is 40.0 Å². The summed E-state index contributed by atoms with van der Waals surface area (Å²) in [6, 6.07) is 5.76. The van der Waals surface area contributed by atoms with Crippen LogP contribution in [0.25, 0.3) is 0 Å². The van der Waals surface area contributed by atoms with Gasteiger partial charge in [0.25, 0.3) is 0 Å². The summed E-state index contributed by atoms with van der Waals surface area (Å²) in [5, 5.41) is 11.9. The number of aryl methyl sites for hydroxylation is 1. The van der Waals surface area contributed by atoms with E-state index in [-0.39, 0.29) is 6.10 Å². The first-order valence-electron chi connectivity index (χ1n) is 6.41. The Balaban J connectivity index is 1.76. The predicted octanol–water partition coefficient (Wildman–Crippen LogP) is 2.30. The molecule has 0 spiro atoms. The summed E-state index contributed by atoms with van der Waals surface area (Å²) in [5.41, 5.74) is 1.61. The van der Waals surface area contributed by atoms with E-state index >= 15 is 0 Å². The van der Waals surface area contributed by atoms with E-state index in [9.17, 15) is 0 Å². The van der Waals surface area contributed by atoms with E-state index < -0.39 is 0 Å². The highest BCUT2D eigenvalue weighted by Gasteiger charge is 2.25. The van der Waals surface area contributed by atoms with Gasteiger partial charge in [0.1, 0.15) is 23.0 Å². The normalized spacial score (nSPS) is 18.8. The molecule has 3 rings (SSSR count). The third-order valence-electron chi connectivity index (χ3n) is 3.18. The van der Waals surface area contributed by atoms with E-state index in [0.29, 0.717) is 12.2 Å². The van der Waals surface area contributed by atoms with Crippen LogP contribution in [0.15, 0.2) is 23.7 Å². The van der Waals surface area contributed by atoms with Gasteiger partial charge in [-0.1, -0.05) is 0 Å². The van der Waals surface area contributed by atoms with Gasteiger partial charge in [-0.15, -0.1) is 11.3 Å². The molecule has 2 aromatic rings. The lowest BCUT2D eigenvalue weighted by atomic mass is 10.2. The molecule has 3 heterocycles. The number of hydrogen-bond donors (Lipinski definition) is 0. The zero-order valence-corrected chi connectivity index (χ0v) is 11.9. The van der Waals surface area contributed by atoms with Crippen molar-refractivity contribution in [1.82, 2.24) is 9.97 Å². The van der Waals surface area contributed by atoms with Gasteiger partial charge in [-0.25, -0.2) is 9.97 Å². The maximum atomic E-state index is 8.80. The van der Waals surface area contributed by atoms with Gasteiger partial charge in [-0.2, -0.15) is 5.26 Å². The molecule has 0 aliphatic carbocycles. The van der Waals surface area contributed by atoms with Crippen LogP contribution in [0.2, 0.25) is 0 Å². The van der Waals surface area contributed by atoms with Gasteiger partial charge in [0.15, 0.2) is 0 Å². The third-order valence-corrected chi connectivity index (χ3v) is 4.23. The summed E-state index contributed by atoms with van der Waals surface area (Å²) in [6.45, 7) is 4.19. The molecule has 1 unspecified atom stereocenters. The number of hydrogen-bond acceptors (Lipinski definition) is 6. The SMILES string of the molecule is Cc1csc(C2CN(c3ccc(C#N)cn3)CCO2)n1. The molecule has 0 saturated carbocycles. The van der Waals surface area contributed by atoms with Crippen molar-refractivity contribution in [2.75, 3.05) is 24.6 Å². The summed E-state index contributed by atoms with van der Waals surface area (Å²) in [5.74, 6) is 0.880. The van der Waals surface area contributed by atoms with Crippen LogP contribution in [0.5, 0.6) is 0 Å². The Kier molecular flexibility index (Phi) is 3.63. The number of rotatable bonds is 2. The van der Waals surface area contributed by atoms with Crippen molar-refractivity contribution in [3.8, 4) is 6.07 Å². The average molecular weight is 286 g/mol. The Bertz CT molecular complexity index is 631. The Morgan fingerprint density at radius 2 is 2.40 bits per heavy atom. The molecule has 102 valence electrons. The molecule has 0 bridgehead atoms. The zero-order chi connectivity index (χ0) is 13.9. The second-order valence-corrected chi connectivity index (χ2v) is 5.54. The molecule has 0 N–H and O–H groups in total. The number of pyridine rings is 1. The molecule has 1 atom stereocenters. The molecule has 1 aliphatic rings. The Hall–Kier alpha value is -1.97. The lowest BCUT2D eigenvalue weighted by Crippen LogP contribution is -2.38. The Morgan fingerprint density at radius 1 is 1.50 bits per heavy atom. The number of nitriles is 1. The van der Waals surface area contributed by atoms with Crippen LogP contribution in [0.1, 0.15) is 22.4 Å². The van der Waals surface area contributed by atoms with Crippen molar-refractivity contribution in [2.45, 2.75) is 13.0 Å². The number of morpholine rings is 1. The second-order valence-electron chi connectivity index (χ2n) is 4.65. The monoisotopic (exact) mass is 286 g/mol. The molecule has 1 saturated heterocycles. The summed E-state index contributed by atoms with van der Waals surface area (Å²) >= 11 is 1.63. The van der Waals surface area contributed by atoms with E-state index in [1.165, 1.54) is 0 Å². The van der Waals surface area contributed by atoms with Crippen molar-refractivity contribution in [2.24, 2.45) is 0 Å². The summed E-state index contributed by atoms with van der Waals surface area (Å²) in [4.78, 5) is 11.0. The molecular weight excluding hydrogens is 272 g/mol. The van der Waals surface area contributed by atoms with E-state index in [1.807, 2.05) is 18.4 Å². The molecular formula is C14H14N4OS. The lowest BCUT2D eigenvalue weighted by Gasteiger charge is -2.32. The molecule has 5 nitrogen and oxygen atoms in total.